The van der Waals surface area contributed by atoms with Gasteiger partial charge in [0.1, 0.15) is 5.75 Å². The van der Waals surface area contributed by atoms with Gasteiger partial charge in [-0.2, -0.15) is 0 Å². The Kier molecular flexibility index (Phi) is 6.19. The smallest absolute Gasteiger partial charge is 0.329 e. The van der Waals surface area contributed by atoms with Crippen molar-refractivity contribution < 1.29 is 13.2 Å². The minimum Gasteiger partial charge on any atom is -0.497 e. The summed E-state index contributed by atoms with van der Waals surface area (Å²) in [4.78, 5) is 15.2. The molecule has 0 atom stereocenters. The number of imidazole rings is 1. The van der Waals surface area contributed by atoms with Gasteiger partial charge in [-0.1, -0.05) is 0 Å². The maximum Gasteiger partial charge on any atom is 0.329 e. The summed E-state index contributed by atoms with van der Waals surface area (Å²) in [5, 5.41) is 0. The van der Waals surface area contributed by atoms with Crippen LogP contribution in [-0.2, 0) is 23.1 Å². The predicted molar refractivity (Wildman–Crippen MR) is 127 cm³/mol. The highest BCUT2D eigenvalue weighted by molar-refractivity contribution is 7.92. The normalized spacial score (nSPS) is 14.7. The van der Waals surface area contributed by atoms with Crippen LogP contribution in [0.1, 0.15) is 33.1 Å². The number of methoxy groups -OCH3 is 1. The summed E-state index contributed by atoms with van der Waals surface area (Å²) in [6.07, 6.45) is 3.27. The van der Waals surface area contributed by atoms with E-state index in [1.807, 2.05) is 19.9 Å². The number of aromatic nitrogens is 2. The predicted octanol–water partition coefficient (Wildman–Crippen LogP) is 3.64. The van der Waals surface area contributed by atoms with Crippen molar-refractivity contribution in [3.05, 3.63) is 46.9 Å². The molecule has 2 aromatic carbocycles. The van der Waals surface area contributed by atoms with Gasteiger partial charge in [0.05, 0.1) is 34.4 Å². The average molecular weight is 459 g/mol. The topological polar surface area (TPSA) is 85.6 Å². The lowest BCUT2D eigenvalue weighted by Gasteiger charge is -2.31. The minimum atomic E-state index is -3.82. The van der Waals surface area contributed by atoms with Gasteiger partial charge in [-0.3, -0.25) is 13.9 Å². The molecule has 9 heteroatoms. The van der Waals surface area contributed by atoms with Gasteiger partial charge >= 0.3 is 5.69 Å². The number of benzene rings is 2. The van der Waals surface area contributed by atoms with Crippen LogP contribution >= 0.6 is 0 Å². The van der Waals surface area contributed by atoms with Crippen LogP contribution in [0.15, 0.2) is 46.1 Å². The van der Waals surface area contributed by atoms with Gasteiger partial charge in [-0.05, 0) is 69.5 Å². The van der Waals surface area contributed by atoms with Crippen molar-refractivity contribution >= 4 is 32.4 Å². The molecule has 0 radical (unpaired) electrons. The van der Waals surface area contributed by atoms with Crippen LogP contribution in [-0.4, -0.2) is 37.8 Å². The molecule has 0 bridgehead atoms. The molecule has 0 saturated carbocycles. The first kappa shape index (κ1) is 22.3. The Balaban J connectivity index is 1.86. The molecule has 0 amide bonds. The van der Waals surface area contributed by atoms with E-state index < -0.39 is 10.0 Å². The van der Waals surface area contributed by atoms with Gasteiger partial charge in [-0.15, -0.1) is 0 Å². The summed E-state index contributed by atoms with van der Waals surface area (Å²) in [6, 6.07) is 10.1. The lowest BCUT2D eigenvalue weighted by Crippen LogP contribution is -2.30. The number of aryl methyl sites for hydroxylation is 2. The molecule has 1 fully saturated rings. The van der Waals surface area contributed by atoms with E-state index in [-0.39, 0.29) is 10.6 Å². The van der Waals surface area contributed by atoms with E-state index in [0.717, 1.165) is 49.1 Å². The highest BCUT2D eigenvalue weighted by atomic mass is 32.2. The van der Waals surface area contributed by atoms with Crippen LogP contribution in [0.2, 0.25) is 0 Å². The van der Waals surface area contributed by atoms with E-state index in [1.54, 1.807) is 27.3 Å². The SMILES string of the molecule is CCn1c(=O)n(CC)c2cc(N3CCCCC3)c(NS(=O)(=O)c3ccc(OC)cc3)cc21. The van der Waals surface area contributed by atoms with Crippen LogP contribution in [0.4, 0.5) is 11.4 Å². The van der Waals surface area contributed by atoms with Gasteiger partial charge in [0.25, 0.3) is 10.0 Å². The van der Waals surface area contributed by atoms with E-state index >= 15 is 0 Å². The van der Waals surface area contributed by atoms with E-state index in [4.69, 9.17) is 4.74 Å². The maximum atomic E-state index is 13.2. The quantitative estimate of drug-likeness (QED) is 0.584. The van der Waals surface area contributed by atoms with Crippen LogP contribution in [0.5, 0.6) is 5.75 Å². The van der Waals surface area contributed by atoms with Crippen LogP contribution in [0, 0.1) is 0 Å². The number of ether oxygens (including phenoxy) is 1. The number of sulfonamides is 1. The van der Waals surface area contributed by atoms with E-state index in [1.165, 1.54) is 19.2 Å². The molecule has 0 aliphatic carbocycles. The Bertz CT molecular complexity index is 1270. The lowest BCUT2D eigenvalue weighted by molar-refractivity contribution is 0.414. The highest BCUT2D eigenvalue weighted by Gasteiger charge is 2.23. The van der Waals surface area contributed by atoms with Crippen molar-refractivity contribution in [3.8, 4) is 5.75 Å². The standard InChI is InChI=1S/C23H30N4O4S/c1-4-26-21-15-19(24-32(29,30)18-11-9-17(31-3)10-12-18)20(25-13-7-6-8-14-25)16-22(21)27(5-2)23(26)28/h9-12,15-16,24H,4-8,13-14H2,1-3H3. The molecule has 0 unspecified atom stereocenters. The molecule has 1 aliphatic heterocycles. The summed E-state index contributed by atoms with van der Waals surface area (Å²) in [5.41, 5.74) is 2.78. The van der Waals surface area contributed by atoms with Gasteiger partial charge in [0.2, 0.25) is 0 Å². The summed E-state index contributed by atoms with van der Waals surface area (Å²) in [7, 11) is -2.28. The Labute approximate surface area is 188 Å². The molecule has 1 N–H and O–H groups in total. The fourth-order valence-electron chi connectivity index (χ4n) is 4.40. The van der Waals surface area contributed by atoms with Crippen LogP contribution in [0.3, 0.4) is 0 Å². The molecule has 1 aromatic heterocycles. The second-order valence-electron chi connectivity index (χ2n) is 7.96. The van der Waals surface area contributed by atoms with Crippen molar-refractivity contribution in [1.82, 2.24) is 9.13 Å². The molecular weight excluding hydrogens is 428 g/mol. The zero-order valence-electron chi connectivity index (χ0n) is 18.8. The summed E-state index contributed by atoms with van der Waals surface area (Å²) in [5.74, 6) is 0.590. The van der Waals surface area contributed by atoms with E-state index in [0.29, 0.717) is 24.5 Å². The lowest BCUT2D eigenvalue weighted by atomic mass is 10.1. The van der Waals surface area contributed by atoms with Crippen molar-refractivity contribution in [3.63, 3.8) is 0 Å². The summed E-state index contributed by atoms with van der Waals surface area (Å²) in [6.45, 7) is 6.64. The van der Waals surface area contributed by atoms with Crippen molar-refractivity contribution in [2.24, 2.45) is 0 Å². The summed E-state index contributed by atoms with van der Waals surface area (Å²) >= 11 is 0. The maximum absolute atomic E-state index is 13.2. The first-order chi connectivity index (χ1) is 15.4. The van der Waals surface area contributed by atoms with Crippen molar-refractivity contribution in [2.45, 2.75) is 51.1 Å². The molecule has 2 heterocycles. The zero-order chi connectivity index (χ0) is 22.9. The average Bonchev–Trinajstić information content (AvgIpc) is 3.08. The second kappa shape index (κ2) is 8.90. The molecule has 0 spiro atoms. The summed E-state index contributed by atoms with van der Waals surface area (Å²) < 4.78 is 37.8. The molecule has 8 nitrogen and oxygen atoms in total. The van der Waals surface area contributed by atoms with Gasteiger partial charge in [-0.25, -0.2) is 13.2 Å². The van der Waals surface area contributed by atoms with E-state index in [2.05, 4.69) is 9.62 Å². The number of anilines is 2. The largest absolute Gasteiger partial charge is 0.497 e. The number of fused-ring (bicyclic) bond motifs is 1. The number of hydrogen-bond acceptors (Lipinski definition) is 5. The van der Waals surface area contributed by atoms with E-state index in [9.17, 15) is 13.2 Å². The fraction of sp³-hybridized carbons (Fsp3) is 0.435. The van der Waals surface area contributed by atoms with Gasteiger partial charge in [0, 0.05) is 26.2 Å². The fourth-order valence-corrected chi connectivity index (χ4v) is 5.46. The number of piperidine rings is 1. The zero-order valence-corrected chi connectivity index (χ0v) is 19.6. The minimum absolute atomic E-state index is 0.0789. The number of nitrogens with one attached hydrogen (secondary N) is 1. The Hall–Kier alpha value is -2.94. The van der Waals surface area contributed by atoms with Crippen molar-refractivity contribution in [1.29, 1.82) is 0 Å². The molecule has 32 heavy (non-hydrogen) atoms. The molecule has 172 valence electrons. The Morgan fingerprint density at radius 1 is 0.938 bits per heavy atom. The van der Waals surface area contributed by atoms with Gasteiger partial charge in [0.15, 0.2) is 0 Å². The molecule has 4 rings (SSSR count). The Morgan fingerprint density at radius 3 is 2.09 bits per heavy atom. The number of hydrogen-bond donors (Lipinski definition) is 1. The number of nitrogens with zero attached hydrogens (tertiary/aromatic N) is 3. The molecule has 3 aromatic rings. The Morgan fingerprint density at radius 2 is 1.53 bits per heavy atom. The van der Waals surface area contributed by atoms with Crippen LogP contribution < -0.4 is 20.0 Å². The van der Waals surface area contributed by atoms with Crippen LogP contribution in [0.25, 0.3) is 11.0 Å². The van der Waals surface area contributed by atoms with Gasteiger partial charge < -0.3 is 9.64 Å². The highest BCUT2D eigenvalue weighted by Crippen LogP contribution is 2.34. The number of rotatable bonds is 7. The molecule has 1 aliphatic rings. The molecular formula is C23H30N4O4S. The first-order valence-electron chi connectivity index (χ1n) is 11.1. The monoisotopic (exact) mass is 458 g/mol. The third kappa shape index (κ3) is 3.97. The molecule has 1 saturated heterocycles. The second-order valence-corrected chi connectivity index (χ2v) is 9.64. The third-order valence-electron chi connectivity index (χ3n) is 6.08. The van der Waals surface area contributed by atoms with Crippen molar-refractivity contribution in [2.75, 3.05) is 29.8 Å². The first-order valence-corrected chi connectivity index (χ1v) is 12.6. The third-order valence-corrected chi connectivity index (χ3v) is 7.46.